The largest absolute Gasteiger partial charge is 0.368 e. The Bertz CT molecular complexity index is 1300. The number of carbonyl (C=O) groups excluding carboxylic acids is 1. The smallest absolute Gasteiger partial charge is 0.257 e. The molecule has 4 aromatic rings. The second kappa shape index (κ2) is 7.59. The lowest BCUT2D eigenvalue weighted by Crippen LogP contribution is -2.33. The lowest BCUT2D eigenvalue weighted by atomic mass is 10.1. The number of likely N-dealkylation sites (N-methyl/N-ethyl adjacent to an activating group) is 1. The normalized spacial score (nSPS) is 16.2. The fourth-order valence-electron chi connectivity index (χ4n) is 4.16. The molecule has 0 spiro atoms. The van der Waals surface area contributed by atoms with Crippen molar-refractivity contribution in [3.63, 3.8) is 0 Å². The fourth-order valence-corrected chi connectivity index (χ4v) is 4.16. The Kier molecular flexibility index (Phi) is 4.74. The molecule has 1 unspecified atom stereocenters. The molecule has 0 aliphatic carbocycles. The van der Waals surface area contributed by atoms with E-state index in [1.54, 1.807) is 37.8 Å². The minimum atomic E-state index is -0.486. The summed E-state index contributed by atoms with van der Waals surface area (Å²) in [7, 11) is 3.76. The number of aryl methyl sites for hydroxylation is 1. The first kappa shape index (κ1) is 19.4. The standard InChI is InChI=1S/C22H22FN7O/c1-29-12-13-9-14(10-17(23)19(13)28-29)27-22(31)16-3-4-18(21-20(16)25-7-8-26-21)30(2)15-5-6-24-11-15/h3-4,7-10,12,15,24H,5-6,11H2,1-2H3,(H,27,31). The molecule has 5 rings (SSSR count). The van der Waals surface area contributed by atoms with Gasteiger partial charge in [-0.2, -0.15) is 5.10 Å². The molecule has 1 aliphatic heterocycles. The Morgan fingerprint density at radius 3 is 2.81 bits per heavy atom. The van der Waals surface area contributed by atoms with E-state index in [2.05, 4.69) is 30.6 Å². The summed E-state index contributed by atoms with van der Waals surface area (Å²) < 4.78 is 15.9. The van der Waals surface area contributed by atoms with Crippen LogP contribution in [0.25, 0.3) is 21.9 Å². The Balaban J connectivity index is 1.50. The van der Waals surface area contributed by atoms with Crippen molar-refractivity contribution >= 4 is 39.2 Å². The molecular weight excluding hydrogens is 397 g/mol. The van der Waals surface area contributed by atoms with Crippen LogP contribution in [0.5, 0.6) is 0 Å². The second-order valence-corrected chi connectivity index (χ2v) is 7.80. The molecule has 8 nitrogen and oxygen atoms in total. The molecule has 0 radical (unpaired) electrons. The van der Waals surface area contributed by atoms with Crippen LogP contribution in [0.1, 0.15) is 16.8 Å². The van der Waals surface area contributed by atoms with Crippen molar-refractivity contribution in [3.05, 3.63) is 54.2 Å². The highest BCUT2D eigenvalue weighted by molar-refractivity contribution is 6.13. The Hall–Kier alpha value is -3.59. The van der Waals surface area contributed by atoms with E-state index < -0.39 is 5.82 Å². The van der Waals surface area contributed by atoms with Gasteiger partial charge < -0.3 is 15.5 Å². The molecule has 3 heterocycles. The molecule has 2 aromatic heterocycles. The summed E-state index contributed by atoms with van der Waals surface area (Å²) in [4.78, 5) is 24.2. The van der Waals surface area contributed by atoms with Gasteiger partial charge in [0, 0.05) is 56.3 Å². The van der Waals surface area contributed by atoms with Gasteiger partial charge in [-0.1, -0.05) is 0 Å². The zero-order chi connectivity index (χ0) is 21.5. The number of hydrogen-bond donors (Lipinski definition) is 2. The van der Waals surface area contributed by atoms with Crippen molar-refractivity contribution < 1.29 is 9.18 Å². The molecule has 158 valence electrons. The third-order valence-electron chi connectivity index (χ3n) is 5.74. The monoisotopic (exact) mass is 419 g/mol. The van der Waals surface area contributed by atoms with Crippen molar-refractivity contribution in [2.45, 2.75) is 12.5 Å². The molecule has 31 heavy (non-hydrogen) atoms. The van der Waals surface area contributed by atoms with Gasteiger partial charge in [-0.15, -0.1) is 0 Å². The van der Waals surface area contributed by atoms with Gasteiger partial charge in [0.15, 0.2) is 5.82 Å². The van der Waals surface area contributed by atoms with Gasteiger partial charge in [0.25, 0.3) is 5.91 Å². The van der Waals surface area contributed by atoms with Crippen LogP contribution in [0.2, 0.25) is 0 Å². The number of fused-ring (bicyclic) bond motifs is 2. The van der Waals surface area contributed by atoms with Crippen LogP contribution in [0, 0.1) is 5.82 Å². The van der Waals surface area contributed by atoms with Crippen molar-refractivity contribution in [3.8, 4) is 0 Å². The van der Waals surface area contributed by atoms with Crippen molar-refractivity contribution in [2.24, 2.45) is 7.05 Å². The van der Waals surface area contributed by atoms with Crippen LogP contribution in [0.3, 0.4) is 0 Å². The van der Waals surface area contributed by atoms with E-state index in [0.717, 1.165) is 25.2 Å². The number of anilines is 2. The lowest BCUT2D eigenvalue weighted by Gasteiger charge is -2.27. The summed E-state index contributed by atoms with van der Waals surface area (Å²) in [6, 6.07) is 6.98. The fraction of sp³-hybridized carbons (Fsp3) is 0.273. The first-order chi connectivity index (χ1) is 15.0. The molecular formula is C22H22FN7O. The van der Waals surface area contributed by atoms with E-state index in [0.29, 0.717) is 33.7 Å². The van der Waals surface area contributed by atoms with E-state index in [9.17, 15) is 9.18 Å². The molecule has 1 amide bonds. The quantitative estimate of drug-likeness (QED) is 0.529. The van der Waals surface area contributed by atoms with E-state index in [1.807, 2.05) is 13.1 Å². The van der Waals surface area contributed by atoms with Gasteiger partial charge in [0.2, 0.25) is 0 Å². The summed E-state index contributed by atoms with van der Waals surface area (Å²) in [5.74, 6) is -0.856. The van der Waals surface area contributed by atoms with Crippen LogP contribution >= 0.6 is 0 Å². The number of halogens is 1. The Morgan fingerprint density at radius 2 is 2.03 bits per heavy atom. The van der Waals surface area contributed by atoms with Gasteiger partial charge in [0.05, 0.1) is 11.3 Å². The van der Waals surface area contributed by atoms with Crippen LogP contribution in [-0.2, 0) is 7.05 Å². The highest BCUT2D eigenvalue weighted by Crippen LogP contribution is 2.29. The number of nitrogens with zero attached hydrogens (tertiary/aromatic N) is 5. The lowest BCUT2D eigenvalue weighted by molar-refractivity contribution is 0.102. The van der Waals surface area contributed by atoms with Gasteiger partial charge >= 0.3 is 0 Å². The molecule has 1 fully saturated rings. The summed E-state index contributed by atoms with van der Waals surface area (Å²) in [5, 5.41) is 10.9. The van der Waals surface area contributed by atoms with E-state index in [4.69, 9.17) is 0 Å². The maximum atomic E-state index is 14.4. The van der Waals surface area contributed by atoms with Crippen molar-refractivity contribution in [2.75, 3.05) is 30.4 Å². The Labute approximate surface area is 178 Å². The maximum Gasteiger partial charge on any atom is 0.257 e. The molecule has 1 aliphatic rings. The van der Waals surface area contributed by atoms with Gasteiger partial charge in [0.1, 0.15) is 16.6 Å². The third-order valence-corrected chi connectivity index (χ3v) is 5.74. The molecule has 2 aromatic carbocycles. The average molecular weight is 419 g/mol. The Morgan fingerprint density at radius 1 is 1.23 bits per heavy atom. The first-order valence-electron chi connectivity index (χ1n) is 10.1. The molecule has 0 bridgehead atoms. The van der Waals surface area contributed by atoms with E-state index in [-0.39, 0.29) is 11.4 Å². The van der Waals surface area contributed by atoms with Gasteiger partial charge in [-0.3, -0.25) is 19.4 Å². The molecule has 0 saturated carbocycles. The van der Waals surface area contributed by atoms with E-state index >= 15 is 0 Å². The number of amides is 1. The summed E-state index contributed by atoms with van der Waals surface area (Å²) in [6.07, 6.45) is 5.95. The minimum Gasteiger partial charge on any atom is -0.368 e. The summed E-state index contributed by atoms with van der Waals surface area (Å²) in [6.45, 7) is 1.89. The number of hydrogen-bond acceptors (Lipinski definition) is 6. The average Bonchev–Trinajstić information content (AvgIpc) is 3.42. The number of aromatic nitrogens is 4. The number of rotatable bonds is 4. The predicted molar refractivity (Wildman–Crippen MR) is 118 cm³/mol. The first-order valence-corrected chi connectivity index (χ1v) is 10.1. The predicted octanol–water partition coefficient (Wildman–Crippen LogP) is 2.71. The number of nitrogens with one attached hydrogen (secondary N) is 2. The second-order valence-electron chi connectivity index (χ2n) is 7.80. The molecule has 9 heteroatoms. The highest BCUT2D eigenvalue weighted by atomic mass is 19.1. The molecule has 2 N–H and O–H groups in total. The van der Waals surface area contributed by atoms with Crippen LogP contribution in [0.4, 0.5) is 15.8 Å². The summed E-state index contributed by atoms with van der Waals surface area (Å²) in [5.41, 5.74) is 3.12. The third kappa shape index (κ3) is 3.46. The maximum absolute atomic E-state index is 14.4. The van der Waals surface area contributed by atoms with E-state index in [1.165, 1.54) is 10.7 Å². The van der Waals surface area contributed by atoms with Gasteiger partial charge in [-0.25, -0.2) is 4.39 Å². The van der Waals surface area contributed by atoms with Crippen LogP contribution in [0.15, 0.2) is 42.9 Å². The van der Waals surface area contributed by atoms with Crippen LogP contribution < -0.4 is 15.5 Å². The topological polar surface area (TPSA) is 88.0 Å². The number of benzene rings is 2. The minimum absolute atomic E-state index is 0.269. The number of carbonyl (C=O) groups is 1. The van der Waals surface area contributed by atoms with Crippen LogP contribution in [-0.4, -0.2) is 51.8 Å². The van der Waals surface area contributed by atoms with Gasteiger partial charge in [-0.05, 0) is 37.2 Å². The van der Waals surface area contributed by atoms with Crippen molar-refractivity contribution in [1.29, 1.82) is 0 Å². The van der Waals surface area contributed by atoms with Crippen molar-refractivity contribution in [1.82, 2.24) is 25.1 Å². The molecule has 1 saturated heterocycles. The highest BCUT2D eigenvalue weighted by Gasteiger charge is 2.23. The SMILES string of the molecule is CN(c1ccc(C(=O)Nc2cc(F)c3nn(C)cc3c2)c2nccnc12)C1CCNC1. The zero-order valence-electron chi connectivity index (χ0n) is 17.3. The zero-order valence-corrected chi connectivity index (χ0v) is 17.3. The summed E-state index contributed by atoms with van der Waals surface area (Å²) >= 11 is 0. The molecule has 1 atom stereocenters.